The molecule has 5 nitrogen and oxygen atoms in total. The van der Waals surface area contributed by atoms with E-state index >= 15 is 0 Å². The van der Waals surface area contributed by atoms with Crippen LogP contribution in [-0.2, 0) is 0 Å². The molecule has 3 rings (SSSR count). The van der Waals surface area contributed by atoms with Crippen LogP contribution in [0.4, 0.5) is 11.6 Å². The lowest BCUT2D eigenvalue weighted by Gasteiger charge is -2.06. The molecule has 0 unspecified atom stereocenters. The fraction of sp³-hybridized carbons (Fsp3) is 0. The Hall–Kier alpha value is -2.60. The van der Waals surface area contributed by atoms with E-state index in [0.717, 1.165) is 21.4 Å². The van der Waals surface area contributed by atoms with Gasteiger partial charge in [-0.25, -0.2) is 4.98 Å². The van der Waals surface area contributed by atoms with E-state index in [1.807, 2.05) is 36.4 Å². The van der Waals surface area contributed by atoms with Crippen LogP contribution in [0.1, 0.15) is 10.4 Å². The summed E-state index contributed by atoms with van der Waals surface area (Å²) in [5.74, 6) is 0.230. The van der Waals surface area contributed by atoms with Crippen molar-refractivity contribution in [3.05, 3.63) is 64.8 Å². The predicted molar refractivity (Wildman–Crippen MR) is 90.5 cm³/mol. The molecule has 6 heteroatoms. The van der Waals surface area contributed by atoms with E-state index in [2.05, 4.69) is 31.2 Å². The zero-order valence-electron chi connectivity index (χ0n) is 11.5. The summed E-state index contributed by atoms with van der Waals surface area (Å²) in [7, 11) is 0. The number of amides is 1. The van der Waals surface area contributed by atoms with E-state index in [-0.39, 0.29) is 5.91 Å². The number of hydrogen-bond acceptors (Lipinski definition) is 3. The summed E-state index contributed by atoms with van der Waals surface area (Å²) in [4.78, 5) is 19.0. The molecular formula is C16H13BrN4O. The Morgan fingerprint density at radius 2 is 1.77 bits per heavy atom. The molecule has 110 valence electrons. The van der Waals surface area contributed by atoms with Gasteiger partial charge in [0.05, 0.1) is 11.9 Å². The van der Waals surface area contributed by atoms with Crippen molar-refractivity contribution >= 4 is 33.5 Å². The highest BCUT2D eigenvalue weighted by atomic mass is 79.9. The number of halogens is 1. The van der Waals surface area contributed by atoms with E-state index in [4.69, 9.17) is 5.73 Å². The monoisotopic (exact) mass is 356 g/mol. The first kappa shape index (κ1) is 14.3. The zero-order valence-corrected chi connectivity index (χ0v) is 13.1. The SMILES string of the molecule is Nc1ncc(-c2ccc(NC(=O)c3ccc(Br)cc3)cc2)[nH]1. The summed E-state index contributed by atoms with van der Waals surface area (Å²) in [6, 6.07) is 14.7. The second-order valence-corrected chi connectivity index (χ2v) is 5.64. The molecule has 0 saturated carbocycles. The third-order valence-corrected chi connectivity index (χ3v) is 3.68. The van der Waals surface area contributed by atoms with Crippen LogP contribution in [0.2, 0.25) is 0 Å². The normalized spacial score (nSPS) is 10.4. The number of anilines is 2. The standard InChI is InChI=1S/C16H13BrN4O/c17-12-5-1-11(2-6-12)15(22)20-13-7-3-10(4-8-13)14-9-19-16(18)21-14/h1-9H,(H,20,22)(H3,18,19,21). The zero-order chi connectivity index (χ0) is 15.5. The van der Waals surface area contributed by atoms with E-state index in [1.165, 1.54) is 0 Å². The van der Waals surface area contributed by atoms with Crippen LogP contribution in [-0.4, -0.2) is 15.9 Å². The summed E-state index contributed by atoms with van der Waals surface area (Å²) in [6.45, 7) is 0. The smallest absolute Gasteiger partial charge is 0.255 e. The number of rotatable bonds is 3. The Morgan fingerprint density at radius 3 is 2.36 bits per heavy atom. The van der Waals surface area contributed by atoms with Crippen molar-refractivity contribution in [1.82, 2.24) is 9.97 Å². The van der Waals surface area contributed by atoms with Crippen LogP contribution in [0.15, 0.2) is 59.2 Å². The van der Waals surface area contributed by atoms with E-state index in [0.29, 0.717) is 11.5 Å². The van der Waals surface area contributed by atoms with Crippen molar-refractivity contribution in [2.75, 3.05) is 11.1 Å². The molecule has 3 aromatic rings. The minimum absolute atomic E-state index is 0.147. The summed E-state index contributed by atoms with van der Waals surface area (Å²) >= 11 is 3.34. The van der Waals surface area contributed by atoms with E-state index in [1.54, 1.807) is 18.3 Å². The summed E-state index contributed by atoms with van der Waals surface area (Å²) < 4.78 is 0.937. The minimum Gasteiger partial charge on any atom is -0.369 e. The Bertz CT molecular complexity index is 794. The predicted octanol–water partition coefficient (Wildman–Crippen LogP) is 3.67. The van der Waals surface area contributed by atoms with E-state index < -0.39 is 0 Å². The van der Waals surface area contributed by atoms with Crippen LogP contribution >= 0.6 is 15.9 Å². The molecule has 22 heavy (non-hydrogen) atoms. The molecular weight excluding hydrogens is 344 g/mol. The maximum absolute atomic E-state index is 12.1. The van der Waals surface area contributed by atoms with Crippen molar-refractivity contribution in [3.8, 4) is 11.3 Å². The van der Waals surface area contributed by atoms with Crippen molar-refractivity contribution in [1.29, 1.82) is 0 Å². The first-order valence-electron chi connectivity index (χ1n) is 6.59. The Balaban J connectivity index is 1.73. The topological polar surface area (TPSA) is 83.8 Å². The number of nitrogen functional groups attached to an aromatic ring is 1. The van der Waals surface area contributed by atoms with Crippen molar-refractivity contribution < 1.29 is 4.79 Å². The largest absolute Gasteiger partial charge is 0.369 e. The number of aromatic amines is 1. The first-order valence-corrected chi connectivity index (χ1v) is 7.39. The molecule has 0 aliphatic carbocycles. The number of nitrogens with zero attached hydrogens (tertiary/aromatic N) is 1. The quantitative estimate of drug-likeness (QED) is 0.669. The van der Waals surface area contributed by atoms with Gasteiger partial charge in [0, 0.05) is 15.7 Å². The van der Waals surface area contributed by atoms with Gasteiger partial charge in [-0.1, -0.05) is 28.1 Å². The fourth-order valence-electron chi connectivity index (χ4n) is 2.02. The van der Waals surface area contributed by atoms with Gasteiger partial charge in [0.25, 0.3) is 5.91 Å². The number of carbonyl (C=O) groups excluding carboxylic acids is 1. The molecule has 0 spiro atoms. The van der Waals surface area contributed by atoms with Crippen LogP contribution in [0.5, 0.6) is 0 Å². The Kier molecular flexibility index (Phi) is 3.93. The van der Waals surface area contributed by atoms with Crippen LogP contribution in [0.25, 0.3) is 11.3 Å². The Labute approximate surface area is 135 Å². The Morgan fingerprint density at radius 1 is 1.09 bits per heavy atom. The van der Waals surface area contributed by atoms with Gasteiger partial charge in [-0.15, -0.1) is 0 Å². The summed E-state index contributed by atoms with van der Waals surface area (Å²) in [6.07, 6.45) is 1.67. The number of nitrogens with two attached hydrogens (primary N) is 1. The lowest BCUT2D eigenvalue weighted by Crippen LogP contribution is -2.11. The van der Waals surface area contributed by atoms with Crippen molar-refractivity contribution in [3.63, 3.8) is 0 Å². The van der Waals surface area contributed by atoms with Crippen molar-refractivity contribution in [2.24, 2.45) is 0 Å². The van der Waals surface area contributed by atoms with Gasteiger partial charge < -0.3 is 16.0 Å². The van der Waals surface area contributed by atoms with Gasteiger partial charge in [0.15, 0.2) is 5.95 Å². The van der Waals surface area contributed by atoms with Crippen LogP contribution in [0, 0.1) is 0 Å². The van der Waals surface area contributed by atoms with Crippen LogP contribution in [0.3, 0.4) is 0 Å². The first-order chi connectivity index (χ1) is 10.6. The van der Waals surface area contributed by atoms with Crippen molar-refractivity contribution in [2.45, 2.75) is 0 Å². The third-order valence-electron chi connectivity index (χ3n) is 3.16. The molecule has 0 fully saturated rings. The molecule has 1 heterocycles. The number of nitrogens with one attached hydrogen (secondary N) is 2. The molecule has 1 amide bonds. The number of aromatic nitrogens is 2. The molecule has 4 N–H and O–H groups in total. The molecule has 0 aliphatic heterocycles. The molecule has 0 atom stereocenters. The van der Waals surface area contributed by atoms with Gasteiger partial charge in [-0.05, 0) is 42.0 Å². The number of imidazole rings is 1. The maximum Gasteiger partial charge on any atom is 0.255 e. The second-order valence-electron chi connectivity index (χ2n) is 4.72. The van der Waals surface area contributed by atoms with Gasteiger partial charge in [0.2, 0.25) is 0 Å². The number of carbonyl (C=O) groups is 1. The summed E-state index contributed by atoms with van der Waals surface area (Å²) in [5.41, 5.74) is 8.68. The van der Waals surface area contributed by atoms with Gasteiger partial charge in [0.1, 0.15) is 0 Å². The van der Waals surface area contributed by atoms with Gasteiger partial charge in [-0.3, -0.25) is 4.79 Å². The van der Waals surface area contributed by atoms with E-state index in [9.17, 15) is 4.79 Å². The van der Waals surface area contributed by atoms with Gasteiger partial charge >= 0.3 is 0 Å². The number of benzene rings is 2. The minimum atomic E-state index is -0.147. The highest BCUT2D eigenvalue weighted by Gasteiger charge is 2.06. The average Bonchev–Trinajstić information content (AvgIpc) is 2.95. The van der Waals surface area contributed by atoms with Gasteiger partial charge in [-0.2, -0.15) is 0 Å². The molecule has 1 aromatic heterocycles. The second kappa shape index (κ2) is 6.03. The molecule has 0 radical (unpaired) electrons. The summed E-state index contributed by atoms with van der Waals surface area (Å²) in [5, 5.41) is 2.86. The fourth-order valence-corrected chi connectivity index (χ4v) is 2.29. The number of H-pyrrole nitrogens is 1. The number of hydrogen-bond donors (Lipinski definition) is 3. The third kappa shape index (κ3) is 3.17. The lowest BCUT2D eigenvalue weighted by atomic mass is 10.1. The highest BCUT2D eigenvalue weighted by molar-refractivity contribution is 9.10. The maximum atomic E-state index is 12.1. The molecule has 0 bridgehead atoms. The average molecular weight is 357 g/mol. The lowest BCUT2D eigenvalue weighted by molar-refractivity contribution is 0.102. The molecule has 0 saturated heterocycles. The molecule has 0 aliphatic rings. The molecule has 2 aromatic carbocycles. The highest BCUT2D eigenvalue weighted by Crippen LogP contribution is 2.20. The van der Waals surface area contributed by atoms with Crippen LogP contribution < -0.4 is 11.1 Å².